The number of alkyl halides is 1. The lowest BCUT2D eigenvalue weighted by atomic mass is 10.1. The lowest BCUT2D eigenvalue weighted by Gasteiger charge is -2.33. The Balaban J connectivity index is 0.00000144. The first kappa shape index (κ1) is 14.2. The highest BCUT2D eigenvalue weighted by Crippen LogP contribution is 2.24. The largest absolute Gasteiger partial charge is 0.508 e. The number of hydrogen-bond acceptors (Lipinski definition) is 3. The molecule has 0 spiro atoms. The summed E-state index contributed by atoms with van der Waals surface area (Å²) in [5.41, 5.74) is 0.851. The maximum atomic E-state index is 13.1. The molecule has 1 aromatic rings. The summed E-state index contributed by atoms with van der Waals surface area (Å²) in [6, 6.07) is 6.65. The minimum Gasteiger partial charge on any atom is -0.508 e. The van der Waals surface area contributed by atoms with Crippen LogP contribution in [0.25, 0.3) is 0 Å². The topological polar surface area (TPSA) is 35.5 Å². The molecule has 0 amide bonds. The van der Waals surface area contributed by atoms with Crippen LogP contribution in [0.1, 0.15) is 11.6 Å². The Labute approximate surface area is 107 Å². The standard InChI is InChI=1S/C12H17FN2O.ClH/c13-9-12(15-6-4-14-5-7-15)10-2-1-3-11(16)8-10;/h1-3,8,12,14,16H,4-7,9H2;1H/t12-;/m0./s1. The lowest BCUT2D eigenvalue weighted by molar-refractivity contribution is 0.147. The third-order valence-corrected chi connectivity index (χ3v) is 2.99. The minimum absolute atomic E-state index is 0. The van der Waals surface area contributed by atoms with Crippen molar-refractivity contribution in [3.63, 3.8) is 0 Å². The van der Waals surface area contributed by atoms with Crippen molar-refractivity contribution in [2.75, 3.05) is 32.9 Å². The second-order valence-corrected chi connectivity index (χ2v) is 4.05. The van der Waals surface area contributed by atoms with Gasteiger partial charge >= 0.3 is 0 Å². The number of phenolic OH excluding ortho intramolecular Hbond substituents is 1. The maximum absolute atomic E-state index is 13.1. The second-order valence-electron chi connectivity index (χ2n) is 4.05. The number of benzene rings is 1. The van der Waals surface area contributed by atoms with E-state index in [2.05, 4.69) is 10.2 Å². The first-order valence-electron chi connectivity index (χ1n) is 5.61. The van der Waals surface area contributed by atoms with Crippen LogP contribution in [-0.2, 0) is 0 Å². The van der Waals surface area contributed by atoms with Crippen LogP contribution in [0.2, 0.25) is 0 Å². The van der Waals surface area contributed by atoms with Crippen molar-refractivity contribution in [1.29, 1.82) is 0 Å². The summed E-state index contributed by atoms with van der Waals surface area (Å²) in [6.07, 6.45) is 0. The maximum Gasteiger partial charge on any atom is 0.115 e. The number of aromatic hydroxyl groups is 1. The molecule has 0 aliphatic carbocycles. The highest BCUT2D eigenvalue weighted by atomic mass is 35.5. The molecule has 96 valence electrons. The van der Waals surface area contributed by atoms with Crippen LogP contribution in [0.5, 0.6) is 5.75 Å². The summed E-state index contributed by atoms with van der Waals surface area (Å²) in [7, 11) is 0. The van der Waals surface area contributed by atoms with Gasteiger partial charge in [0.15, 0.2) is 0 Å². The van der Waals surface area contributed by atoms with Crippen molar-refractivity contribution in [2.24, 2.45) is 0 Å². The minimum atomic E-state index is -0.413. The van der Waals surface area contributed by atoms with E-state index in [4.69, 9.17) is 0 Å². The average Bonchev–Trinajstić information content (AvgIpc) is 2.31. The van der Waals surface area contributed by atoms with Crippen LogP contribution < -0.4 is 5.32 Å². The van der Waals surface area contributed by atoms with E-state index in [9.17, 15) is 9.50 Å². The first-order valence-corrected chi connectivity index (χ1v) is 5.61. The average molecular weight is 261 g/mol. The molecular formula is C12H18ClFN2O. The Bertz CT molecular complexity index is 345. The molecule has 2 rings (SSSR count). The Hall–Kier alpha value is -0.840. The molecule has 1 aromatic carbocycles. The third kappa shape index (κ3) is 3.56. The van der Waals surface area contributed by atoms with Crippen molar-refractivity contribution in [3.8, 4) is 5.75 Å². The second kappa shape index (κ2) is 6.79. The SMILES string of the molecule is Cl.Oc1cccc([C@H](CF)N2CCNCC2)c1. The Kier molecular flexibility index (Phi) is 5.68. The van der Waals surface area contributed by atoms with Gasteiger partial charge in [0.05, 0.1) is 6.04 Å². The van der Waals surface area contributed by atoms with Gasteiger partial charge in [-0.3, -0.25) is 4.90 Å². The molecule has 3 nitrogen and oxygen atoms in total. The van der Waals surface area contributed by atoms with E-state index in [-0.39, 0.29) is 24.2 Å². The highest BCUT2D eigenvalue weighted by Gasteiger charge is 2.22. The molecule has 0 aromatic heterocycles. The number of rotatable bonds is 3. The van der Waals surface area contributed by atoms with E-state index in [1.165, 1.54) is 0 Å². The van der Waals surface area contributed by atoms with Crippen LogP contribution in [0, 0.1) is 0 Å². The molecule has 0 unspecified atom stereocenters. The van der Waals surface area contributed by atoms with E-state index in [1.807, 2.05) is 6.07 Å². The van der Waals surface area contributed by atoms with Crippen molar-refractivity contribution >= 4 is 12.4 Å². The van der Waals surface area contributed by atoms with Gasteiger partial charge in [-0.15, -0.1) is 12.4 Å². The van der Waals surface area contributed by atoms with Crippen LogP contribution >= 0.6 is 12.4 Å². The van der Waals surface area contributed by atoms with Crippen molar-refractivity contribution < 1.29 is 9.50 Å². The molecule has 17 heavy (non-hydrogen) atoms. The fraction of sp³-hybridized carbons (Fsp3) is 0.500. The summed E-state index contributed by atoms with van der Waals surface area (Å²) in [4.78, 5) is 2.12. The summed E-state index contributed by atoms with van der Waals surface area (Å²) in [6.45, 7) is 3.09. The number of piperazine rings is 1. The van der Waals surface area contributed by atoms with Gasteiger partial charge in [-0.1, -0.05) is 12.1 Å². The number of halogens is 2. The van der Waals surface area contributed by atoms with E-state index >= 15 is 0 Å². The van der Waals surface area contributed by atoms with Crippen molar-refractivity contribution in [3.05, 3.63) is 29.8 Å². The zero-order valence-electron chi connectivity index (χ0n) is 9.60. The van der Waals surface area contributed by atoms with Crippen LogP contribution in [0.4, 0.5) is 4.39 Å². The number of phenols is 1. The molecule has 1 aliphatic heterocycles. The van der Waals surface area contributed by atoms with E-state index in [0.29, 0.717) is 0 Å². The van der Waals surface area contributed by atoms with Gasteiger partial charge < -0.3 is 10.4 Å². The predicted molar refractivity (Wildman–Crippen MR) is 68.5 cm³/mol. The molecular weight excluding hydrogens is 243 g/mol. The molecule has 2 N–H and O–H groups in total. The number of hydrogen-bond donors (Lipinski definition) is 2. The van der Waals surface area contributed by atoms with Gasteiger partial charge in [0.1, 0.15) is 12.4 Å². The van der Waals surface area contributed by atoms with Gasteiger partial charge in [0.2, 0.25) is 0 Å². The summed E-state index contributed by atoms with van der Waals surface area (Å²) >= 11 is 0. The van der Waals surface area contributed by atoms with Crippen LogP contribution in [0.15, 0.2) is 24.3 Å². The normalized spacial score (nSPS) is 18.4. The number of nitrogens with zero attached hydrogens (tertiary/aromatic N) is 1. The number of nitrogens with one attached hydrogen (secondary N) is 1. The zero-order valence-corrected chi connectivity index (χ0v) is 10.4. The predicted octanol–water partition coefficient (Wildman–Crippen LogP) is 1.73. The van der Waals surface area contributed by atoms with Crippen molar-refractivity contribution in [2.45, 2.75) is 6.04 Å². The van der Waals surface area contributed by atoms with E-state index in [1.54, 1.807) is 18.2 Å². The Morgan fingerprint density at radius 3 is 2.65 bits per heavy atom. The van der Waals surface area contributed by atoms with E-state index in [0.717, 1.165) is 31.7 Å². The fourth-order valence-corrected chi connectivity index (χ4v) is 2.12. The van der Waals surface area contributed by atoms with Gasteiger partial charge in [-0.05, 0) is 17.7 Å². The van der Waals surface area contributed by atoms with Gasteiger partial charge in [-0.2, -0.15) is 0 Å². The van der Waals surface area contributed by atoms with Gasteiger partial charge in [0.25, 0.3) is 0 Å². The fourth-order valence-electron chi connectivity index (χ4n) is 2.12. The molecule has 0 saturated carbocycles. The van der Waals surface area contributed by atoms with E-state index < -0.39 is 6.67 Å². The zero-order chi connectivity index (χ0) is 11.4. The monoisotopic (exact) mass is 260 g/mol. The Morgan fingerprint density at radius 1 is 1.35 bits per heavy atom. The highest BCUT2D eigenvalue weighted by molar-refractivity contribution is 5.85. The summed E-state index contributed by atoms with van der Waals surface area (Å²) in [5.74, 6) is 0.200. The third-order valence-electron chi connectivity index (χ3n) is 2.99. The Morgan fingerprint density at radius 2 is 2.06 bits per heavy atom. The smallest absolute Gasteiger partial charge is 0.115 e. The first-order chi connectivity index (χ1) is 7.81. The van der Waals surface area contributed by atoms with Crippen molar-refractivity contribution in [1.82, 2.24) is 10.2 Å². The van der Waals surface area contributed by atoms with Gasteiger partial charge in [-0.25, -0.2) is 4.39 Å². The molecule has 0 radical (unpaired) electrons. The summed E-state index contributed by atoms with van der Waals surface area (Å²) < 4.78 is 13.1. The molecule has 1 saturated heterocycles. The molecule has 1 fully saturated rings. The molecule has 1 atom stereocenters. The van der Waals surface area contributed by atoms with Crippen LogP contribution in [0.3, 0.4) is 0 Å². The molecule has 1 heterocycles. The molecule has 0 bridgehead atoms. The molecule has 5 heteroatoms. The quantitative estimate of drug-likeness (QED) is 0.869. The van der Waals surface area contributed by atoms with Gasteiger partial charge in [0, 0.05) is 26.2 Å². The van der Waals surface area contributed by atoms with Crippen LogP contribution in [-0.4, -0.2) is 42.9 Å². The lowest BCUT2D eigenvalue weighted by Crippen LogP contribution is -2.45. The summed E-state index contributed by atoms with van der Waals surface area (Å²) in [5, 5.41) is 12.6. The molecule has 1 aliphatic rings.